The van der Waals surface area contributed by atoms with Gasteiger partial charge in [-0.2, -0.15) is 0 Å². The summed E-state index contributed by atoms with van der Waals surface area (Å²) in [5.74, 6) is 0.690. The van der Waals surface area contributed by atoms with E-state index in [4.69, 9.17) is 0 Å². The second-order valence-corrected chi connectivity index (χ2v) is 4.50. The normalized spacial score (nSPS) is 16.0. The minimum atomic E-state index is -0.412. The molecule has 0 spiro atoms. The van der Waals surface area contributed by atoms with Crippen molar-refractivity contribution >= 4 is 16.7 Å². The molecular formula is C11H12N4O2. The minimum absolute atomic E-state index is 0.0631. The summed E-state index contributed by atoms with van der Waals surface area (Å²) in [5.41, 5.74) is 1.54. The maximum absolute atomic E-state index is 10.6. The zero-order chi connectivity index (χ0) is 11.8. The van der Waals surface area contributed by atoms with Crippen molar-refractivity contribution in [3.63, 3.8) is 0 Å². The van der Waals surface area contributed by atoms with Gasteiger partial charge in [-0.3, -0.25) is 10.1 Å². The molecule has 0 aliphatic heterocycles. The molecule has 0 radical (unpaired) electrons. The van der Waals surface area contributed by atoms with E-state index in [1.165, 1.54) is 31.4 Å². The highest BCUT2D eigenvalue weighted by molar-refractivity contribution is 5.76. The van der Waals surface area contributed by atoms with E-state index < -0.39 is 4.92 Å². The van der Waals surface area contributed by atoms with Gasteiger partial charge in [0.05, 0.1) is 10.4 Å². The van der Waals surface area contributed by atoms with Gasteiger partial charge in [-0.1, -0.05) is 11.6 Å². The first-order chi connectivity index (χ1) is 8.24. The summed E-state index contributed by atoms with van der Waals surface area (Å²) < 4.78 is 1.85. The lowest BCUT2D eigenvalue weighted by atomic mass is 9.85. The van der Waals surface area contributed by atoms with Gasteiger partial charge in [0.15, 0.2) is 0 Å². The van der Waals surface area contributed by atoms with Gasteiger partial charge in [-0.25, -0.2) is 4.68 Å². The van der Waals surface area contributed by atoms with Crippen molar-refractivity contribution in [2.75, 3.05) is 0 Å². The third-order valence-electron chi connectivity index (χ3n) is 3.36. The third kappa shape index (κ3) is 1.75. The molecule has 0 saturated heterocycles. The molecule has 6 nitrogen and oxygen atoms in total. The lowest BCUT2D eigenvalue weighted by Gasteiger charge is -2.24. The Hall–Kier alpha value is -1.98. The van der Waals surface area contributed by atoms with E-state index >= 15 is 0 Å². The van der Waals surface area contributed by atoms with E-state index in [-0.39, 0.29) is 5.69 Å². The summed E-state index contributed by atoms with van der Waals surface area (Å²) in [6.45, 7) is 0.869. The standard InChI is InChI=1S/C11H12N4O2/c16-15(17)9-4-5-11-10(6-9)12-13-14(11)7-8-2-1-3-8/h4-6,8H,1-3,7H2. The molecule has 0 amide bonds. The fourth-order valence-corrected chi connectivity index (χ4v) is 2.13. The summed E-state index contributed by atoms with van der Waals surface area (Å²) in [7, 11) is 0. The molecule has 6 heteroatoms. The largest absolute Gasteiger partial charge is 0.271 e. The van der Waals surface area contributed by atoms with Crippen LogP contribution in [-0.4, -0.2) is 19.9 Å². The maximum atomic E-state index is 10.6. The van der Waals surface area contributed by atoms with Crippen LogP contribution in [0.4, 0.5) is 5.69 Å². The first-order valence-corrected chi connectivity index (χ1v) is 5.71. The summed E-state index contributed by atoms with van der Waals surface area (Å²) in [4.78, 5) is 10.2. The van der Waals surface area contributed by atoms with Crippen molar-refractivity contribution in [2.45, 2.75) is 25.8 Å². The van der Waals surface area contributed by atoms with Gasteiger partial charge in [0.2, 0.25) is 0 Å². The predicted octanol–water partition coefficient (Wildman–Crippen LogP) is 2.14. The lowest BCUT2D eigenvalue weighted by molar-refractivity contribution is -0.384. The number of fused-ring (bicyclic) bond motifs is 1. The third-order valence-corrected chi connectivity index (χ3v) is 3.36. The number of hydrogen-bond donors (Lipinski definition) is 0. The fraction of sp³-hybridized carbons (Fsp3) is 0.455. The van der Waals surface area contributed by atoms with Gasteiger partial charge in [0.1, 0.15) is 5.52 Å². The van der Waals surface area contributed by atoms with E-state index in [2.05, 4.69) is 10.3 Å². The molecule has 17 heavy (non-hydrogen) atoms. The Balaban J connectivity index is 1.95. The Morgan fingerprint density at radius 1 is 1.47 bits per heavy atom. The van der Waals surface area contributed by atoms with E-state index in [1.54, 1.807) is 6.07 Å². The monoisotopic (exact) mass is 232 g/mol. The molecule has 88 valence electrons. The van der Waals surface area contributed by atoms with Crippen molar-refractivity contribution in [1.29, 1.82) is 0 Å². The van der Waals surface area contributed by atoms with Gasteiger partial charge >= 0.3 is 0 Å². The summed E-state index contributed by atoms with van der Waals surface area (Å²) in [5, 5.41) is 18.7. The Labute approximate surface area is 97.4 Å². The smallest absolute Gasteiger partial charge is 0.258 e. The minimum Gasteiger partial charge on any atom is -0.258 e. The molecular weight excluding hydrogens is 220 g/mol. The van der Waals surface area contributed by atoms with Gasteiger partial charge < -0.3 is 0 Å². The van der Waals surface area contributed by atoms with Crippen molar-refractivity contribution in [2.24, 2.45) is 5.92 Å². The molecule has 1 aromatic carbocycles. The first-order valence-electron chi connectivity index (χ1n) is 5.71. The number of hydrogen-bond acceptors (Lipinski definition) is 4. The first kappa shape index (κ1) is 10.2. The van der Waals surface area contributed by atoms with Gasteiger partial charge in [0.25, 0.3) is 5.69 Å². The highest BCUT2D eigenvalue weighted by Crippen LogP contribution is 2.29. The van der Waals surface area contributed by atoms with Crippen LogP contribution in [-0.2, 0) is 6.54 Å². The van der Waals surface area contributed by atoms with Crippen LogP contribution in [0.15, 0.2) is 18.2 Å². The SMILES string of the molecule is O=[N+]([O-])c1ccc2c(c1)nnn2CC1CCC1. The van der Waals surface area contributed by atoms with E-state index in [1.807, 2.05) is 4.68 Å². The molecule has 1 heterocycles. The van der Waals surface area contributed by atoms with E-state index in [9.17, 15) is 10.1 Å². The topological polar surface area (TPSA) is 73.8 Å². The number of nitrogens with zero attached hydrogens (tertiary/aromatic N) is 4. The molecule has 1 aliphatic carbocycles. The molecule has 3 rings (SSSR count). The number of rotatable bonds is 3. The van der Waals surface area contributed by atoms with Crippen LogP contribution in [0.25, 0.3) is 11.0 Å². The van der Waals surface area contributed by atoms with Gasteiger partial charge in [-0.05, 0) is 24.8 Å². The quantitative estimate of drug-likeness (QED) is 0.600. The number of nitro benzene ring substituents is 1. The number of aromatic nitrogens is 3. The average Bonchev–Trinajstić information content (AvgIpc) is 2.65. The molecule has 1 saturated carbocycles. The molecule has 0 unspecified atom stereocenters. The molecule has 0 bridgehead atoms. The van der Waals surface area contributed by atoms with Crippen molar-refractivity contribution < 1.29 is 4.92 Å². The Morgan fingerprint density at radius 2 is 2.29 bits per heavy atom. The molecule has 1 aromatic heterocycles. The van der Waals surface area contributed by atoms with Crippen LogP contribution in [0.1, 0.15) is 19.3 Å². The van der Waals surface area contributed by atoms with Gasteiger partial charge in [-0.15, -0.1) is 5.10 Å². The lowest BCUT2D eigenvalue weighted by Crippen LogP contribution is -2.18. The fourth-order valence-electron chi connectivity index (χ4n) is 2.13. The second-order valence-electron chi connectivity index (χ2n) is 4.50. The summed E-state index contributed by atoms with van der Waals surface area (Å²) >= 11 is 0. The van der Waals surface area contributed by atoms with E-state index in [0.29, 0.717) is 11.4 Å². The maximum Gasteiger partial charge on any atom is 0.271 e. The molecule has 0 N–H and O–H groups in total. The highest BCUT2D eigenvalue weighted by Gasteiger charge is 2.20. The molecule has 1 aliphatic rings. The van der Waals surface area contributed by atoms with Crippen LogP contribution in [0.2, 0.25) is 0 Å². The number of nitro groups is 1. The van der Waals surface area contributed by atoms with Crippen LogP contribution >= 0.6 is 0 Å². The molecule has 2 aromatic rings. The van der Waals surface area contributed by atoms with Crippen molar-refractivity contribution in [3.05, 3.63) is 28.3 Å². The summed E-state index contributed by atoms with van der Waals surface area (Å²) in [6.07, 6.45) is 3.78. The predicted molar refractivity (Wildman–Crippen MR) is 61.5 cm³/mol. The van der Waals surface area contributed by atoms with Gasteiger partial charge in [0, 0.05) is 18.7 Å². The number of non-ortho nitro benzene ring substituents is 1. The van der Waals surface area contributed by atoms with Crippen molar-refractivity contribution in [1.82, 2.24) is 15.0 Å². The second kappa shape index (κ2) is 3.80. The molecule has 1 fully saturated rings. The Morgan fingerprint density at radius 3 is 2.94 bits per heavy atom. The zero-order valence-corrected chi connectivity index (χ0v) is 9.24. The van der Waals surface area contributed by atoms with Crippen LogP contribution in [0.5, 0.6) is 0 Å². The Kier molecular flexibility index (Phi) is 2.28. The Bertz CT molecular complexity index is 574. The van der Waals surface area contributed by atoms with E-state index in [0.717, 1.165) is 12.1 Å². The number of benzene rings is 1. The van der Waals surface area contributed by atoms with Crippen LogP contribution < -0.4 is 0 Å². The van der Waals surface area contributed by atoms with Crippen LogP contribution in [0.3, 0.4) is 0 Å². The highest BCUT2D eigenvalue weighted by atomic mass is 16.6. The average molecular weight is 232 g/mol. The molecule has 0 atom stereocenters. The van der Waals surface area contributed by atoms with Crippen LogP contribution in [0, 0.1) is 16.0 Å². The summed E-state index contributed by atoms with van der Waals surface area (Å²) in [6, 6.07) is 4.70. The zero-order valence-electron chi connectivity index (χ0n) is 9.24. The van der Waals surface area contributed by atoms with Crippen molar-refractivity contribution in [3.8, 4) is 0 Å².